The molecule has 0 atom stereocenters. The van der Waals surface area contributed by atoms with Gasteiger partial charge in [0.25, 0.3) is 5.91 Å². The van der Waals surface area contributed by atoms with Crippen LogP contribution in [0.5, 0.6) is 0 Å². The number of aryl methyl sites for hydroxylation is 1. The highest BCUT2D eigenvalue weighted by Gasteiger charge is 2.17. The molecular weight excluding hydrogens is 348 g/mol. The van der Waals surface area contributed by atoms with Crippen LogP contribution in [0.25, 0.3) is 0 Å². The average Bonchev–Trinajstić information content (AvgIpc) is 2.48. The molecule has 3 nitrogen and oxygen atoms in total. The minimum Gasteiger partial charge on any atom is -0.389 e. The number of halogens is 1. The number of benzene rings is 2. The molecule has 0 bridgehead atoms. The molecule has 0 heterocycles. The lowest BCUT2D eigenvalue weighted by Gasteiger charge is -2.19. The smallest absolute Gasteiger partial charge is 0.259 e. The lowest BCUT2D eigenvalue weighted by molar-refractivity contribution is 0.0992. The zero-order valence-corrected chi connectivity index (χ0v) is 14.2. The van der Waals surface area contributed by atoms with E-state index >= 15 is 0 Å². The number of hydrogen-bond acceptors (Lipinski definition) is 2. The van der Waals surface area contributed by atoms with Crippen LogP contribution in [0.15, 0.2) is 46.9 Å². The van der Waals surface area contributed by atoms with E-state index in [1.807, 2.05) is 43.3 Å². The second-order valence-corrected chi connectivity index (χ2v) is 5.95. The first kappa shape index (κ1) is 15.7. The summed E-state index contributed by atoms with van der Waals surface area (Å²) in [6.07, 6.45) is 0. The van der Waals surface area contributed by atoms with Gasteiger partial charge in [0.05, 0.1) is 5.56 Å². The molecule has 0 radical (unpaired) electrons. The Hall–Kier alpha value is -1.72. The first-order valence-electron chi connectivity index (χ1n) is 6.35. The van der Waals surface area contributed by atoms with E-state index in [4.69, 9.17) is 18.0 Å². The summed E-state index contributed by atoms with van der Waals surface area (Å²) in [7, 11) is 1.73. The quantitative estimate of drug-likeness (QED) is 0.847. The van der Waals surface area contributed by atoms with E-state index in [1.165, 1.54) is 0 Å². The molecule has 0 aliphatic rings. The van der Waals surface area contributed by atoms with Crippen LogP contribution in [-0.4, -0.2) is 17.9 Å². The van der Waals surface area contributed by atoms with Crippen molar-refractivity contribution in [2.45, 2.75) is 6.92 Å². The Labute approximate surface area is 137 Å². The molecule has 1 amide bonds. The monoisotopic (exact) mass is 362 g/mol. The van der Waals surface area contributed by atoms with Gasteiger partial charge in [0.1, 0.15) is 4.99 Å². The summed E-state index contributed by atoms with van der Waals surface area (Å²) >= 11 is 8.44. The van der Waals surface area contributed by atoms with Gasteiger partial charge in [0.15, 0.2) is 0 Å². The first-order chi connectivity index (χ1) is 9.91. The van der Waals surface area contributed by atoms with E-state index in [9.17, 15) is 4.79 Å². The van der Waals surface area contributed by atoms with Crippen LogP contribution >= 0.6 is 28.1 Å². The zero-order chi connectivity index (χ0) is 15.6. The first-order valence-corrected chi connectivity index (χ1v) is 7.55. The zero-order valence-electron chi connectivity index (χ0n) is 11.8. The van der Waals surface area contributed by atoms with Crippen molar-refractivity contribution in [3.05, 3.63) is 63.6 Å². The summed E-state index contributed by atoms with van der Waals surface area (Å²) in [5.41, 5.74) is 8.77. The Morgan fingerprint density at radius 3 is 2.57 bits per heavy atom. The molecule has 21 heavy (non-hydrogen) atoms. The third kappa shape index (κ3) is 3.31. The number of carbonyl (C=O) groups is 1. The fourth-order valence-electron chi connectivity index (χ4n) is 1.98. The topological polar surface area (TPSA) is 46.3 Å². The van der Waals surface area contributed by atoms with Crippen molar-refractivity contribution in [1.29, 1.82) is 0 Å². The third-order valence-corrected chi connectivity index (χ3v) is 4.53. The molecule has 0 aliphatic carbocycles. The Balaban J connectivity index is 2.37. The normalized spacial score (nSPS) is 10.2. The van der Waals surface area contributed by atoms with Gasteiger partial charge in [-0.3, -0.25) is 4.79 Å². The van der Waals surface area contributed by atoms with Gasteiger partial charge in [-0.05, 0) is 46.6 Å². The molecule has 5 heteroatoms. The largest absolute Gasteiger partial charge is 0.389 e. The van der Waals surface area contributed by atoms with E-state index in [1.54, 1.807) is 18.0 Å². The van der Waals surface area contributed by atoms with Gasteiger partial charge in [0.2, 0.25) is 0 Å². The maximum atomic E-state index is 12.6. The molecule has 0 aromatic heterocycles. The van der Waals surface area contributed by atoms with Gasteiger partial charge in [-0.25, -0.2) is 0 Å². The van der Waals surface area contributed by atoms with Gasteiger partial charge in [-0.1, -0.05) is 36.5 Å². The number of nitrogens with zero attached hydrogens (tertiary/aromatic N) is 1. The molecule has 2 aromatic carbocycles. The Kier molecular flexibility index (Phi) is 4.75. The van der Waals surface area contributed by atoms with Crippen molar-refractivity contribution in [2.75, 3.05) is 11.9 Å². The molecule has 0 aliphatic heterocycles. The minimum absolute atomic E-state index is 0.0920. The molecule has 2 aromatic rings. The number of rotatable bonds is 3. The van der Waals surface area contributed by atoms with E-state index in [2.05, 4.69) is 15.9 Å². The number of thiocarbonyl (C=S) groups is 1. The van der Waals surface area contributed by atoms with Crippen LogP contribution in [0.1, 0.15) is 21.5 Å². The summed E-state index contributed by atoms with van der Waals surface area (Å²) in [5, 5.41) is 0. The Morgan fingerprint density at radius 2 is 1.90 bits per heavy atom. The molecule has 0 saturated heterocycles. The van der Waals surface area contributed by atoms with Gasteiger partial charge in [-0.2, -0.15) is 0 Å². The van der Waals surface area contributed by atoms with Gasteiger partial charge < -0.3 is 10.6 Å². The highest BCUT2D eigenvalue weighted by Crippen LogP contribution is 2.24. The molecule has 0 saturated carbocycles. The highest BCUT2D eigenvalue weighted by molar-refractivity contribution is 9.10. The lowest BCUT2D eigenvalue weighted by atomic mass is 10.1. The molecule has 2 N–H and O–H groups in total. The summed E-state index contributed by atoms with van der Waals surface area (Å²) in [5.74, 6) is -0.0920. The molecule has 2 rings (SSSR count). The van der Waals surface area contributed by atoms with Crippen LogP contribution < -0.4 is 10.6 Å². The van der Waals surface area contributed by atoms with Crippen molar-refractivity contribution in [3.8, 4) is 0 Å². The van der Waals surface area contributed by atoms with Crippen molar-refractivity contribution < 1.29 is 4.79 Å². The molecule has 108 valence electrons. The van der Waals surface area contributed by atoms with Crippen LogP contribution in [0.2, 0.25) is 0 Å². The maximum Gasteiger partial charge on any atom is 0.259 e. The fraction of sp³-hybridized carbons (Fsp3) is 0.125. The van der Waals surface area contributed by atoms with Crippen LogP contribution in [0.4, 0.5) is 5.69 Å². The summed E-state index contributed by atoms with van der Waals surface area (Å²) in [4.78, 5) is 14.5. The maximum absolute atomic E-state index is 12.6. The molecule has 0 unspecified atom stereocenters. The minimum atomic E-state index is -0.0920. The molecule has 0 fully saturated rings. The highest BCUT2D eigenvalue weighted by atomic mass is 79.9. The number of hydrogen-bond donors (Lipinski definition) is 1. The van der Waals surface area contributed by atoms with Gasteiger partial charge >= 0.3 is 0 Å². The number of nitrogens with two attached hydrogens (primary N) is 1. The standard InChI is InChI=1S/C16H15BrN2OS/c1-10-5-3-8-13(14(10)17)16(20)19(2)12-7-4-6-11(9-12)15(18)21/h3-9H,1-2H3,(H2,18,21). The third-order valence-electron chi connectivity index (χ3n) is 3.24. The van der Waals surface area contributed by atoms with Crippen molar-refractivity contribution >= 4 is 44.7 Å². The van der Waals surface area contributed by atoms with E-state index in [-0.39, 0.29) is 5.91 Å². The Bertz CT molecular complexity index is 715. The average molecular weight is 363 g/mol. The van der Waals surface area contributed by atoms with E-state index in [0.717, 1.165) is 21.3 Å². The van der Waals surface area contributed by atoms with Crippen LogP contribution in [0, 0.1) is 6.92 Å². The SMILES string of the molecule is Cc1cccc(C(=O)N(C)c2cccc(C(N)=S)c2)c1Br. The second kappa shape index (κ2) is 6.37. The van der Waals surface area contributed by atoms with E-state index in [0.29, 0.717) is 10.6 Å². The summed E-state index contributed by atoms with van der Waals surface area (Å²) in [6.45, 7) is 1.95. The molecular formula is C16H15BrN2OS. The summed E-state index contributed by atoms with van der Waals surface area (Å²) in [6, 6.07) is 12.9. The molecule has 0 spiro atoms. The Morgan fingerprint density at radius 1 is 1.24 bits per heavy atom. The predicted octanol–water partition coefficient (Wildman–Crippen LogP) is 3.67. The number of anilines is 1. The predicted molar refractivity (Wildman–Crippen MR) is 93.9 cm³/mol. The van der Waals surface area contributed by atoms with E-state index < -0.39 is 0 Å². The van der Waals surface area contributed by atoms with Crippen LogP contribution in [0.3, 0.4) is 0 Å². The van der Waals surface area contributed by atoms with Crippen molar-refractivity contribution in [2.24, 2.45) is 5.73 Å². The number of carbonyl (C=O) groups excluding carboxylic acids is 1. The lowest BCUT2D eigenvalue weighted by Crippen LogP contribution is -2.27. The van der Waals surface area contributed by atoms with Gasteiger partial charge in [-0.15, -0.1) is 0 Å². The van der Waals surface area contributed by atoms with Crippen LogP contribution in [-0.2, 0) is 0 Å². The van der Waals surface area contributed by atoms with Crippen molar-refractivity contribution in [3.63, 3.8) is 0 Å². The number of amides is 1. The van der Waals surface area contributed by atoms with Crippen molar-refractivity contribution in [1.82, 2.24) is 0 Å². The summed E-state index contributed by atoms with van der Waals surface area (Å²) < 4.78 is 0.812. The second-order valence-electron chi connectivity index (χ2n) is 4.72. The van der Waals surface area contributed by atoms with Gasteiger partial charge in [0, 0.05) is 22.8 Å². The fourth-order valence-corrected chi connectivity index (χ4v) is 2.54.